The quantitative estimate of drug-likeness (QED) is 0.736. The van der Waals surface area contributed by atoms with Crippen molar-refractivity contribution in [1.29, 1.82) is 0 Å². The van der Waals surface area contributed by atoms with Crippen LogP contribution >= 0.6 is 0 Å². The Morgan fingerprint density at radius 3 is 2.62 bits per heavy atom. The number of benzene rings is 2. The largest absolute Gasteiger partial charge is 0.459 e. The molecule has 0 fully saturated rings. The molecule has 108 valence electrons. The van der Waals surface area contributed by atoms with E-state index in [1.807, 2.05) is 36.4 Å². The Bertz CT molecular complexity index is 702. The molecule has 0 saturated carbocycles. The summed E-state index contributed by atoms with van der Waals surface area (Å²) in [5, 5.41) is 4.40. The molecule has 3 rings (SSSR count). The zero-order valence-electron chi connectivity index (χ0n) is 12.0. The maximum atomic E-state index is 14.1. The second-order valence-corrected chi connectivity index (χ2v) is 5.10. The normalized spacial score (nSPS) is 12.7. The molecule has 2 nitrogen and oxygen atoms in total. The van der Waals surface area contributed by atoms with Gasteiger partial charge in [0.05, 0.1) is 6.04 Å². The maximum absolute atomic E-state index is 14.1. The van der Waals surface area contributed by atoms with Crippen LogP contribution in [0.25, 0.3) is 11.0 Å². The van der Waals surface area contributed by atoms with Gasteiger partial charge in [-0.1, -0.05) is 43.3 Å². The fourth-order valence-corrected chi connectivity index (χ4v) is 2.51. The highest BCUT2D eigenvalue weighted by Crippen LogP contribution is 2.29. The highest BCUT2D eigenvalue weighted by molar-refractivity contribution is 5.78. The van der Waals surface area contributed by atoms with Gasteiger partial charge in [0.25, 0.3) is 0 Å². The van der Waals surface area contributed by atoms with Crippen LogP contribution in [0.5, 0.6) is 0 Å². The molecule has 0 radical (unpaired) electrons. The van der Waals surface area contributed by atoms with E-state index in [1.54, 1.807) is 12.1 Å². The molecule has 1 N–H and O–H groups in total. The third-order valence-electron chi connectivity index (χ3n) is 3.54. The summed E-state index contributed by atoms with van der Waals surface area (Å²) in [6.45, 7) is 2.89. The van der Waals surface area contributed by atoms with Gasteiger partial charge in [0, 0.05) is 10.9 Å². The van der Waals surface area contributed by atoms with E-state index < -0.39 is 0 Å². The lowest BCUT2D eigenvalue weighted by Gasteiger charge is -2.17. The minimum absolute atomic E-state index is 0.216. The number of para-hydroxylation sites is 1. The van der Waals surface area contributed by atoms with Gasteiger partial charge in [-0.25, -0.2) is 4.39 Å². The molecule has 0 aliphatic rings. The number of hydrogen-bond donors (Lipinski definition) is 1. The van der Waals surface area contributed by atoms with Crippen molar-refractivity contribution in [3.8, 4) is 0 Å². The number of rotatable bonds is 5. The number of furan rings is 1. The van der Waals surface area contributed by atoms with Gasteiger partial charge in [-0.2, -0.15) is 0 Å². The Balaban J connectivity index is 2.04. The van der Waals surface area contributed by atoms with Crippen LogP contribution in [0.3, 0.4) is 0 Å². The first-order valence-corrected chi connectivity index (χ1v) is 7.26. The summed E-state index contributed by atoms with van der Waals surface area (Å²) in [5.41, 5.74) is 1.44. The molecule has 0 aliphatic heterocycles. The summed E-state index contributed by atoms with van der Waals surface area (Å²) in [7, 11) is 0. The highest BCUT2D eigenvalue weighted by Gasteiger charge is 2.20. The Morgan fingerprint density at radius 1 is 1.10 bits per heavy atom. The smallest absolute Gasteiger partial charge is 0.134 e. The predicted octanol–water partition coefficient (Wildman–Crippen LogP) is 4.66. The van der Waals surface area contributed by atoms with Gasteiger partial charge < -0.3 is 9.73 Å². The van der Waals surface area contributed by atoms with Crippen molar-refractivity contribution in [2.75, 3.05) is 6.54 Å². The summed E-state index contributed by atoms with van der Waals surface area (Å²) in [4.78, 5) is 0. The van der Waals surface area contributed by atoms with Gasteiger partial charge in [0.15, 0.2) is 0 Å². The number of halogens is 1. The van der Waals surface area contributed by atoms with Gasteiger partial charge in [0.2, 0.25) is 0 Å². The molecule has 3 aromatic rings. The molecule has 1 heterocycles. The Kier molecular flexibility index (Phi) is 4.02. The van der Waals surface area contributed by atoms with Gasteiger partial charge in [-0.3, -0.25) is 0 Å². The van der Waals surface area contributed by atoms with Crippen molar-refractivity contribution in [2.24, 2.45) is 0 Å². The molecule has 3 heteroatoms. The van der Waals surface area contributed by atoms with Crippen molar-refractivity contribution >= 4 is 11.0 Å². The van der Waals surface area contributed by atoms with Gasteiger partial charge in [-0.15, -0.1) is 0 Å². The van der Waals surface area contributed by atoms with Crippen molar-refractivity contribution in [3.05, 3.63) is 71.7 Å². The molecule has 0 saturated heterocycles. The molecule has 0 spiro atoms. The van der Waals surface area contributed by atoms with Crippen molar-refractivity contribution in [3.63, 3.8) is 0 Å². The van der Waals surface area contributed by atoms with Crippen LogP contribution in [-0.2, 0) is 0 Å². The average molecular weight is 283 g/mol. The van der Waals surface area contributed by atoms with Crippen LogP contribution < -0.4 is 5.32 Å². The van der Waals surface area contributed by atoms with Crippen molar-refractivity contribution in [2.45, 2.75) is 19.4 Å². The first-order chi connectivity index (χ1) is 10.3. The van der Waals surface area contributed by atoms with Crippen molar-refractivity contribution in [1.82, 2.24) is 5.32 Å². The van der Waals surface area contributed by atoms with E-state index in [-0.39, 0.29) is 11.9 Å². The molecular formula is C18H18FNO. The standard InChI is InChI=1S/C18H18FNO/c1-2-11-20-18(14-8-4-5-9-15(14)19)17-12-13-7-3-6-10-16(13)21-17/h3-10,12,18,20H,2,11H2,1H3. The molecular weight excluding hydrogens is 265 g/mol. The SMILES string of the molecule is CCCNC(c1cc2ccccc2o1)c1ccccc1F. The lowest BCUT2D eigenvalue weighted by molar-refractivity contribution is 0.456. The van der Waals surface area contributed by atoms with Crippen molar-refractivity contribution < 1.29 is 8.81 Å². The molecule has 1 aromatic heterocycles. The Hall–Kier alpha value is -2.13. The molecule has 0 bridgehead atoms. The van der Waals surface area contributed by atoms with E-state index >= 15 is 0 Å². The Labute approximate surface area is 123 Å². The van der Waals surface area contributed by atoms with E-state index in [1.165, 1.54) is 6.07 Å². The fourth-order valence-electron chi connectivity index (χ4n) is 2.51. The molecule has 2 aromatic carbocycles. The second-order valence-electron chi connectivity index (χ2n) is 5.10. The molecule has 0 aliphatic carbocycles. The highest BCUT2D eigenvalue weighted by atomic mass is 19.1. The monoisotopic (exact) mass is 283 g/mol. The average Bonchev–Trinajstić information content (AvgIpc) is 2.93. The minimum Gasteiger partial charge on any atom is -0.459 e. The number of hydrogen-bond acceptors (Lipinski definition) is 2. The number of nitrogens with one attached hydrogen (secondary N) is 1. The summed E-state index contributed by atoms with van der Waals surface area (Å²) < 4.78 is 20.0. The van der Waals surface area contributed by atoms with Crippen LogP contribution in [0, 0.1) is 5.82 Å². The van der Waals surface area contributed by atoms with Gasteiger partial charge in [-0.05, 0) is 31.2 Å². The van der Waals surface area contributed by atoms with Crippen LogP contribution in [0.15, 0.2) is 59.0 Å². The van der Waals surface area contributed by atoms with E-state index in [9.17, 15) is 4.39 Å². The predicted molar refractivity (Wildman–Crippen MR) is 82.8 cm³/mol. The summed E-state index contributed by atoms with van der Waals surface area (Å²) in [6, 6.07) is 16.4. The van der Waals surface area contributed by atoms with E-state index in [0.29, 0.717) is 5.56 Å². The van der Waals surface area contributed by atoms with Crippen LogP contribution in [0.2, 0.25) is 0 Å². The molecule has 1 unspecified atom stereocenters. The minimum atomic E-state index is -0.265. The second kappa shape index (κ2) is 6.10. The van der Waals surface area contributed by atoms with E-state index in [4.69, 9.17) is 4.42 Å². The summed E-state index contributed by atoms with van der Waals surface area (Å²) in [5.74, 6) is 0.529. The zero-order valence-corrected chi connectivity index (χ0v) is 12.0. The van der Waals surface area contributed by atoms with Crippen LogP contribution in [-0.4, -0.2) is 6.54 Å². The van der Waals surface area contributed by atoms with Gasteiger partial charge in [0.1, 0.15) is 17.2 Å². The van der Waals surface area contributed by atoms with Crippen LogP contribution in [0.1, 0.15) is 30.7 Å². The first kappa shape index (κ1) is 13.8. The lowest BCUT2D eigenvalue weighted by atomic mass is 10.0. The lowest BCUT2D eigenvalue weighted by Crippen LogP contribution is -2.23. The summed E-state index contributed by atoms with van der Waals surface area (Å²) in [6.07, 6.45) is 0.977. The molecule has 1 atom stereocenters. The van der Waals surface area contributed by atoms with E-state index in [2.05, 4.69) is 12.2 Å². The van der Waals surface area contributed by atoms with E-state index in [0.717, 1.165) is 29.7 Å². The van der Waals surface area contributed by atoms with Crippen LogP contribution in [0.4, 0.5) is 4.39 Å². The Morgan fingerprint density at radius 2 is 1.86 bits per heavy atom. The van der Waals surface area contributed by atoms with Gasteiger partial charge >= 0.3 is 0 Å². The first-order valence-electron chi connectivity index (χ1n) is 7.26. The zero-order chi connectivity index (χ0) is 14.7. The third kappa shape index (κ3) is 2.83. The fraction of sp³-hybridized carbons (Fsp3) is 0.222. The molecule has 0 amide bonds. The third-order valence-corrected chi connectivity index (χ3v) is 3.54. The molecule has 21 heavy (non-hydrogen) atoms. The number of fused-ring (bicyclic) bond motifs is 1. The topological polar surface area (TPSA) is 25.2 Å². The summed E-state index contributed by atoms with van der Waals surface area (Å²) >= 11 is 0. The maximum Gasteiger partial charge on any atom is 0.134 e.